The van der Waals surface area contributed by atoms with E-state index in [1.54, 1.807) is 17.5 Å². The van der Waals surface area contributed by atoms with Gasteiger partial charge in [0.25, 0.3) is 0 Å². The maximum Gasteiger partial charge on any atom is 0.243 e. The quantitative estimate of drug-likeness (QED) is 0.430. The summed E-state index contributed by atoms with van der Waals surface area (Å²) in [7, 11) is -1.81. The van der Waals surface area contributed by atoms with Gasteiger partial charge in [-0.05, 0) is 74.0 Å². The number of rotatable bonds is 6. The van der Waals surface area contributed by atoms with Gasteiger partial charge in [0.15, 0.2) is 0 Å². The maximum atomic E-state index is 13.7. The molecular formula is C31H38N2O3S. The van der Waals surface area contributed by atoms with Crippen LogP contribution < -0.4 is 0 Å². The van der Waals surface area contributed by atoms with Gasteiger partial charge < -0.3 is 4.74 Å². The van der Waals surface area contributed by atoms with Gasteiger partial charge in [-0.2, -0.15) is 4.31 Å². The Labute approximate surface area is 222 Å². The smallest absolute Gasteiger partial charge is 0.243 e. The zero-order chi connectivity index (χ0) is 26.2. The first kappa shape index (κ1) is 26.1. The predicted molar refractivity (Wildman–Crippen MR) is 149 cm³/mol. The first-order valence-corrected chi connectivity index (χ1v) is 14.7. The van der Waals surface area contributed by atoms with Crippen LogP contribution in [0.4, 0.5) is 0 Å². The molecule has 0 spiro atoms. The van der Waals surface area contributed by atoms with Crippen LogP contribution in [0.5, 0.6) is 0 Å². The molecule has 0 N–H and O–H groups in total. The Morgan fingerprint density at radius 3 is 2.35 bits per heavy atom. The Balaban J connectivity index is 1.46. The average molecular weight is 519 g/mol. The molecule has 0 bridgehead atoms. The summed E-state index contributed by atoms with van der Waals surface area (Å²) >= 11 is 0. The third kappa shape index (κ3) is 5.00. The summed E-state index contributed by atoms with van der Waals surface area (Å²) in [5.74, 6) is 0.222. The van der Waals surface area contributed by atoms with E-state index in [-0.39, 0.29) is 18.0 Å². The van der Waals surface area contributed by atoms with E-state index in [1.165, 1.54) is 27.8 Å². The van der Waals surface area contributed by atoms with E-state index in [0.717, 1.165) is 24.9 Å². The zero-order valence-corrected chi connectivity index (χ0v) is 23.2. The number of aryl methyl sites for hydroxylation is 3. The van der Waals surface area contributed by atoms with Gasteiger partial charge in [0.1, 0.15) is 0 Å². The number of benzene rings is 3. The molecule has 2 saturated heterocycles. The number of fused-ring (bicyclic) bond motifs is 1. The van der Waals surface area contributed by atoms with Gasteiger partial charge in [-0.3, -0.25) is 4.90 Å². The van der Waals surface area contributed by atoms with Gasteiger partial charge in [-0.15, -0.1) is 0 Å². The Hall–Kier alpha value is -2.51. The minimum absolute atomic E-state index is 0.130. The lowest BCUT2D eigenvalue weighted by Crippen LogP contribution is -2.68. The van der Waals surface area contributed by atoms with Crippen LogP contribution in [0.15, 0.2) is 71.6 Å². The van der Waals surface area contributed by atoms with Crippen LogP contribution in [-0.2, 0) is 14.8 Å². The standard InChI is InChI=1S/C31H38N2O3S/c1-22-11-12-23(2)27(19-22)25-13-15-26(16-14-25)31-28-20-32(17-7-8-18-33(28)29(31)21-36-4)37(34,35)30-10-6-5-9-24(30)3/h5-6,9-16,19,28-29,31H,7-8,17-18,20-21H2,1-4H3/t28?,29-,31+/m1/s1. The molecule has 0 saturated carbocycles. The Morgan fingerprint density at radius 1 is 0.892 bits per heavy atom. The van der Waals surface area contributed by atoms with Crippen molar-refractivity contribution in [3.63, 3.8) is 0 Å². The van der Waals surface area contributed by atoms with Crippen molar-refractivity contribution in [3.8, 4) is 11.1 Å². The van der Waals surface area contributed by atoms with Crippen molar-refractivity contribution in [2.45, 2.75) is 56.5 Å². The summed E-state index contributed by atoms with van der Waals surface area (Å²) in [5, 5.41) is 0. The van der Waals surface area contributed by atoms with Crippen molar-refractivity contribution < 1.29 is 13.2 Å². The second kappa shape index (κ2) is 10.7. The molecule has 3 atom stereocenters. The molecule has 0 amide bonds. The second-order valence-electron chi connectivity index (χ2n) is 10.6. The van der Waals surface area contributed by atoms with Gasteiger partial charge in [-0.25, -0.2) is 8.42 Å². The van der Waals surface area contributed by atoms with Crippen LogP contribution in [0.3, 0.4) is 0 Å². The SMILES string of the molecule is COC[C@@H]1[C@@H](c2ccc(-c3cc(C)ccc3C)cc2)C2CN(S(=O)(=O)c3ccccc3C)CCCCN21. The van der Waals surface area contributed by atoms with Crippen LogP contribution in [0.2, 0.25) is 0 Å². The van der Waals surface area contributed by atoms with Crippen LogP contribution >= 0.6 is 0 Å². The molecule has 6 heteroatoms. The molecule has 0 radical (unpaired) electrons. The normalized spacial score (nSPS) is 23.1. The molecule has 2 aliphatic heterocycles. The molecule has 196 valence electrons. The highest BCUT2D eigenvalue weighted by atomic mass is 32.2. The van der Waals surface area contributed by atoms with E-state index in [1.807, 2.05) is 25.1 Å². The lowest BCUT2D eigenvalue weighted by Gasteiger charge is -2.57. The van der Waals surface area contributed by atoms with Crippen molar-refractivity contribution in [2.75, 3.05) is 33.4 Å². The molecule has 5 nitrogen and oxygen atoms in total. The van der Waals surface area contributed by atoms with E-state index in [2.05, 4.69) is 61.2 Å². The third-order valence-corrected chi connectivity index (χ3v) is 10.2. The summed E-state index contributed by atoms with van der Waals surface area (Å²) in [4.78, 5) is 2.90. The van der Waals surface area contributed by atoms with E-state index in [0.29, 0.717) is 24.6 Å². The number of hydrogen-bond donors (Lipinski definition) is 0. The van der Waals surface area contributed by atoms with Gasteiger partial charge in [0.2, 0.25) is 10.0 Å². The first-order valence-electron chi connectivity index (χ1n) is 13.3. The van der Waals surface area contributed by atoms with Crippen molar-refractivity contribution >= 4 is 10.0 Å². The summed E-state index contributed by atoms with van der Waals surface area (Å²) in [6.07, 6.45) is 1.85. The van der Waals surface area contributed by atoms with E-state index in [9.17, 15) is 8.42 Å². The van der Waals surface area contributed by atoms with Gasteiger partial charge in [0.05, 0.1) is 11.5 Å². The van der Waals surface area contributed by atoms with E-state index < -0.39 is 10.0 Å². The molecule has 5 rings (SSSR count). The Bertz CT molecular complexity index is 1350. The van der Waals surface area contributed by atoms with Crippen molar-refractivity contribution in [2.24, 2.45) is 0 Å². The molecule has 0 aliphatic carbocycles. The minimum atomic E-state index is -3.57. The van der Waals surface area contributed by atoms with Crippen LogP contribution in [-0.4, -0.2) is 63.1 Å². The fourth-order valence-electron chi connectivity index (χ4n) is 6.20. The predicted octanol–water partition coefficient (Wildman–Crippen LogP) is 5.55. The van der Waals surface area contributed by atoms with Crippen molar-refractivity contribution in [1.29, 1.82) is 0 Å². The molecule has 0 aromatic heterocycles. The fraction of sp³-hybridized carbons (Fsp3) is 0.419. The monoisotopic (exact) mass is 518 g/mol. The average Bonchev–Trinajstić information content (AvgIpc) is 2.87. The van der Waals surface area contributed by atoms with Gasteiger partial charge in [0, 0.05) is 38.2 Å². The van der Waals surface area contributed by atoms with Crippen LogP contribution in [0.25, 0.3) is 11.1 Å². The summed E-state index contributed by atoms with van der Waals surface area (Å²) in [6.45, 7) is 8.84. The molecule has 2 fully saturated rings. The third-order valence-electron chi connectivity index (χ3n) is 8.19. The molecule has 2 aliphatic rings. The number of ether oxygens (including phenoxy) is 1. The second-order valence-corrected chi connectivity index (χ2v) is 12.5. The lowest BCUT2D eigenvalue weighted by atomic mass is 9.74. The topological polar surface area (TPSA) is 49.9 Å². The van der Waals surface area contributed by atoms with Crippen molar-refractivity contribution in [3.05, 3.63) is 89.0 Å². The fourth-order valence-corrected chi connectivity index (χ4v) is 7.92. The number of sulfonamides is 1. The summed E-state index contributed by atoms with van der Waals surface area (Å²) < 4.78 is 34.9. The lowest BCUT2D eigenvalue weighted by molar-refractivity contribution is -0.0635. The first-order chi connectivity index (χ1) is 17.8. The maximum absolute atomic E-state index is 13.7. The van der Waals surface area contributed by atoms with Crippen molar-refractivity contribution in [1.82, 2.24) is 9.21 Å². The van der Waals surface area contributed by atoms with E-state index >= 15 is 0 Å². The highest BCUT2D eigenvalue weighted by Crippen LogP contribution is 2.43. The molecule has 2 heterocycles. The Kier molecular flexibility index (Phi) is 7.55. The van der Waals surface area contributed by atoms with Crippen LogP contribution in [0, 0.1) is 20.8 Å². The van der Waals surface area contributed by atoms with Crippen LogP contribution in [0.1, 0.15) is 41.0 Å². The van der Waals surface area contributed by atoms with Gasteiger partial charge in [-0.1, -0.05) is 66.2 Å². The van der Waals surface area contributed by atoms with Gasteiger partial charge >= 0.3 is 0 Å². The molecule has 37 heavy (non-hydrogen) atoms. The molecule has 3 aromatic rings. The summed E-state index contributed by atoms with van der Waals surface area (Å²) in [5.41, 5.74) is 7.05. The number of nitrogens with zero attached hydrogens (tertiary/aromatic N) is 2. The molecule has 3 aromatic carbocycles. The zero-order valence-electron chi connectivity index (χ0n) is 22.4. The highest BCUT2D eigenvalue weighted by Gasteiger charge is 2.50. The summed E-state index contributed by atoms with van der Waals surface area (Å²) in [6, 6.07) is 23.2. The Morgan fingerprint density at radius 2 is 1.62 bits per heavy atom. The van der Waals surface area contributed by atoms with E-state index in [4.69, 9.17) is 4.74 Å². The number of hydrogen-bond acceptors (Lipinski definition) is 4. The minimum Gasteiger partial charge on any atom is -0.383 e. The highest BCUT2D eigenvalue weighted by molar-refractivity contribution is 7.89. The molecule has 1 unspecified atom stereocenters. The number of methoxy groups -OCH3 is 1. The largest absolute Gasteiger partial charge is 0.383 e. The molecular weight excluding hydrogens is 480 g/mol.